The summed E-state index contributed by atoms with van der Waals surface area (Å²) in [6.07, 6.45) is -1.79. The van der Waals surface area contributed by atoms with Gasteiger partial charge in [-0.2, -0.15) is 13.2 Å². The van der Waals surface area contributed by atoms with Gasteiger partial charge in [-0.05, 0) is 50.4 Å². The lowest BCUT2D eigenvalue weighted by molar-refractivity contribution is -0.138. The predicted molar refractivity (Wildman–Crippen MR) is 120 cm³/mol. The molecule has 0 radical (unpaired) electrons. The number of aromatic amines is 1. The van der Waals surface area contributed by atoms with E-state index in [0.717, 1.165) is 37.7 Å². The fourth-order valence-corrected chi connectivity index (χ4v) is 4.07. The molecule has 1 saturated heterocycles. The highest BCUT2D eigenvalue weighted by Crippen LogP contribution is 2.34. The molecule has 0 bridgehead atoms. The molecule has 0 spiro atoms. The number of pyridine rings is 1. The molecular formula is C22H24Cl2F3N3O3. The molecule has 1 aliphatic heterocycles. The minimum atomic E-state index is -4.79. The average Bonchev–Trinajstić information content (AvgIpc) is 2.77. The van der Waals surface area contributed by atoms with Crippen LogP contribution in [0, 0.1) is 6.92 Å². The number of benzene rings is 1. The van der Waals surface area contributed by atoms with Gasteiger partial charge in [-0.3, -0.25) is 9.59 Å². The first-order valence-corrected chi connectivity index (χ1v) is 11.2. The van der Waals surface area contributed by atoms with Crippen LogP contribution in [0.15, 0.2) is 29.2 Å². The van der Waals surface area contributed by atoms with Crippen LogP contribution in [0.5, 0.6) is 5.75 Å². The average molecular weight is 506 g/mol. The fourth-order valence-electron chi connectivity index (χ4n) is 3.65. The smallest absolute Gasteiger partial charge is 0.417 e. The molecule has 0 atom stereocenters. The molecule has 3 rings (SSSR count). The molecule has 1 aromatic carbocycles. The van der Waals surface area contributed by atoms with Gasteiger partial charge in [0.2, 0.25) is 5.56 Å². The lowest BCUT2D eigenvalue weighted by atomic mass is 10.1. The number of alkyl halides is 3. The highest BCUT2D eigenvalue weighted by atomic mass is 35.5. The Hall–Kier alpha value is -2.23. The molecule has 1 aliphatic rings. The van der Waals surface area contributed by atoms with Gasteiger partial charge in [0.1, 0.15) is 11.9 Å². The van der Waals surface area contributed by atoms with Gasteiger partial charge < -0.3 is 19.9 Å². The third-order valence-corrected chi connectivity index (χ3v) is 6.40. The molecule has 2 aromatic rings. The van der Waals surface area contributed by atoms with Crippen LogP contribution < -0.4 is 15.6 Å². The first-order valence-electron chi connectivity index (χ1n) is 10.5. The lowest BCUT2D eigenvalue weighted by Gasteiger charge is -2.32. The van der Waals surface area contributed by atoms with Gasteiger partial charge >= 0.3 is 6.18 Å². The van der Waals surface area contributed by atoms with Crippen LogP contribution in [0.4, 0.5) is 13.2 Å². The van der Waals surface area contributed by atoms with E-state index in [9.17, 15) is 22.8 Å². The van der Waals surface area contributed by atoms with Gasteiger partial charge in [0.15, 0.2) is 0 Å². The van der Waals surface area contributed by atoms with E-state index in [1.807, 2.05) is 6.92 Å². The maximum atomic E-state index is 13.1. The SMILES string of the molecule is Cc1c(Cl)ccc(OC2CCN(CCCNC(=O)c3c[nH]c(=O)cc3C(F)(F)F)CC2)c1Cl. The third-order valence-electron chi connectivity index (χ3n) is 5.52. The van der Waals surface area contributed by atoms with Gasteiger partial charge in [0.25, 0.3) is 5.91 Å². The quantitative estimate of drug-likeness (QED) is 0.536. The van der Waals surface area contributed by atoms with E-state index < -0.39 is 28.8 Å². The standard InChI is InChI=1S/C22H24Cl2F3N3O3/c1-13-17(23)3-4-18(20(13)24)33-14-5-9-30(10-6-14)8-2-7-28-21(32)15-12-29-19(31)11-16(15)22(25,26)27/h3-4,11-12,14H,2,5-10H2,1H3,(H,28,32)(H,29,31). The summed E-state index contributed by atoms with van der Waals surface area (Å²) < 4.78 is 45.3. The number of carbonyl (C=O) groups excluding carboxylic acids is 1. The number of aromatic nitrogens is 1. The largest absolute Gasteiger partial charge is 0.489 e. The summed E-state index contributed by atoms with van der Waals surface area (Å²) in [5.41, 5.74) is -1.99. The minimum Gasteiger partial charge on any atom is -0.489 e. The summed E-state index contributed by atoms with van der Waals surface area (Å²) in [5.74, 6) is -0.263. The molecule has 0 unspecified atom stereocenters. The Morgan fingerprint density at radius 1 is 1.27 bits per heavy atom. The predicted octanol–water partition coefficient (Wildman–Crippen LogP) is 4.67. The van der Waals surface area contributed by atoms with E-state index in [0.29, 0.717) is 34.8 Å². The van der Waals surface area contributed by atoms with Crippen molar-refractivity contribution in [3.05, 3.63) is 61.5 Å². The topological polar surface area (TPSA) is 74.4 Å². The second kappa shape index (κ2) is 10.8. The summed E-state index contributed by atoms with van der Waals surface area (Å²) >= 11 is 12.4. The van der Waals surface area contributed by atoms with E-state index in [2.05, 4.69) is 15.2 Å². The van der Waals surface area contributed by atoms with Crippen molar-refractivity contribution in [3.63, 3.8) is 0 Å². The molecule has 1 amide bonds. The summed E-state index contributed by atoms with van der Waals surface area (Å²) in [5, 5.41) is 3.59. The number of piperidine rings is 1. The number of hydrogen-bond acceptors (Lipinski definition) is 4. The van der Waals surface area contributed by atoms with Crippen molar-refractivity contribution in [3.8, 4) is 5.75 Å². The number of rotatable bonds is 7. The monoisotopic (exact) mass is 505 g/mol. The number of nitrogens with zero attached hydrogens (tertiary/aromatic N) is 1. The number of halogens is 5. The zero-order chi connectivity index (χ0) is 24.2. The molecule has 2 N–H and O–H groups in total. The third kappa shape index (κ3) is 6.65. The number of amides is 1. The summed E-state index contributed by atoms with van der Waals surface area (Å²) in [4.78, 5) is 27.7. The van der Waals surface area contributed by atoms with E-state index in [-0.39, 0.29) is 12.6 Å². The van der Waals surface area contributed by atoms with Gasteiger partial charge in [0.05, 0.1) is 16.1 Å². The van der Waals surface area contributed by atoms with Gasteiger partial charge in [-0.1, -0.05) is 23.2 Å². The first-order chi connectivity index (χ1) is 15.6. The summed E-state index contributed by atoms with van der Waals surface area (Å²) in [6.45, 7) is 4.32. The Morgan fingerprint density at radius 3 is 2.64 bits per heavy atom. The van der Waals surface area contributed by atoms with Crippen molar-refractivity contribution < 1.29 is 22.7 Å². The molecule has 0 aliphatic carbocycles. The van der Waals surface area contributed by atoms with Crippen LogP contribution in [0.3, 0.4) is 0 Å². The molecular weight excluding hydrogens is 482 g/mol. The normalized spacial score (nSPS) is 15.5. The van der Waals surface area contributed by atoms with Crippen molar-refractivity contribution in [2.45, 2.75) is 38.5 Å². The molecule has 2 heterocycles. The first kappa shape index (κ1) is 25.4. The molecule has 1 aromatic heterocycles. The van der Waals surface area contributed by atoms with Crippen molar-refractivity contribution in [1.82, 2.24) is 15.2 Å². The van der Waals surface area contributed by atoms with Gasteiger partial charge in [-0.15, -0.1) is 0 Å². The zero-order valence-corrected chi connectivity index (χ0v) is 19.4. The lowest BCUT2D eigenvalue weighted by Crippen LogP contribution is -2.39. The minimum absolute atomic E-state index is 0.0278. The van der Waals surface area contributed by atoms with Crippen molar-refractivity contribution in [2.24, 2.45) is 0 Å². The summed E-state index contributed by atoms with van der Waals surface area (Å²) in [7, 11) is 0. The van der Waals surface area contributed by atoms with Crippen LogP contribution in [0.1, 0.15) is 40.7 Å². The molecule has 0 saturated carbocycles. The van der Waals surface area contributed by atoms with E-state index >= 15 is 0 Å². The van der Waals surface area contributed by atoms with Gasteiger partial charge in [0, 0.05) is 36.9 Å². The Morgan fingerprint density at radius 2 is 1.97 bits per heavy atom. The van der Waals surface area contributed by atoms with Crippen LogP contribution in [0.2, 0.25) is 10.0 Å². The van der Waals surface area contributed by atoms with Crippen molar-refractivity contribution in [1.29, 1.82) is 0 Å². The van der Waals surface area contributed by atoms with Crippen LogP contribution in [-0.4, -0.2) is 48.1 Å². The maximum absolute atomic E-state index is 13.1. The Kier molecular flexibility index (Phi) is 8.31. The highest BCUT2D eigenvalue weighted by molar-refractivity contribution is 6.36. The molecule has 6 nitrogen and oxygen atoms in total. The van der Waals surface area contributed by atoms with Crippen molar-refractivity contribution in [2.75, 3.05) is 26.2 Å². The van der Waals surface area contributed by atoms with Crippen LogP contribution in [-0.2, 0) is 6.18 Å². The number of H-pyrrole nitrogens is 1. The molecule has 1 fully saturated rings. The van der Waals surface area contributed by atoms with Gasteiger partial charge in [-0.25, -0.2) is 0 Å². The maximum Gasteiger partial charge on any atom is 0.417 e. The number of ether oxygens (including phenoxy) is 1. The molecule has 33 heavy (non-hydrogen) atoms. The number of carbonyl (C=O) groups is 1. The molecule has 180 valence electrons. The second-order valence-corrected chi connectivity index (χ2v) is 8.66. The van der Waals surface area contributed by atoms with Crippen molar-refractivity contribution >= 4 is 29.1 Å². The molecule has 11 heteroatoms. The zero-order valence-electron chi connectivity index (χ0n) is 17.9. The Balaban J connectivity index is 1.42. The Labute approximate surface area is 199 Å². The summed E-state index contributed by atoms with van der Waals surface area (Å²) in [6, 6.07) is 3.91. The second-order valence-electron chi connectivity index (χ2n) is 7.88. The van der Waals surface area contributed by atoms with E-state index in [1.165, 1.54) is 0 Å². The fraction of sp³-hybridized carbons (Fsp3) is 0.455. The number of nitrogens with one attached hydrogen (secondary N) is 2. The van der Waals surface area contributed by atoms with E-state index in [1.54, 1.807) is 12.1 Å². The highest BCUT2D eigenvalue weighted by Gasteiger charge is 2.35. The van der Waals surface area contributed by atoms with Crippen LogP contribution >= 0.6 is 23.2 Å². The van der Waals surface area contributed by atoms with E-state index in [4.69, 9.17) is 27.9 Å². The number of hydrogen-bond donors (Lipinski definition) is 2. The Bertz CT molecular complexity index is 1050. The number of likely N-dealkylation sites (tertiary alicyclic amines) is 1. The van der Waals surface area contributed by atoms with Crippen LogP contribution in [0.25, 0.3) is 0 Å².